The largest absolute Gasteiger partial charge is 0.298 e. The van der Waals surface area contributed by atoms with Crippen molar-refractivity contribution in [1.29, 1.82) is 0 Å². The van der Waals surface area contributed by atoms with Crippen LogP contribution in [0.15, 0.2) is 18.2 Å². The zero-order valence-electron chi connectivity index (χ0n) is 15.2. The molecule has 0 spiro atoms. The number of sulfone groups is 1. The van der Waals surface area contributed by atoms with Crippen LogP contribution < -0.4 is 0 Å². The summed E-state index contributed by atoms with van der Waals surface area (Å²) in [5.41, 5.74) is 3.99. The molecule has 3 rings (SSSR count). The van der Waals surface area contributed by atoms with Crippen LogP contribution in [0.1, 0.15) is 35.0 Å². The first-order valence-electron chi connectivity index (χ1n) is 8.54. The lowest BCUT2D eigenvalue weighted by atomic mass is 10.1. The minimum absolute atomic E-state index is 0.0595. The molecule has 0 amide bonds. The normalized spacial score (nSPS) is 19.4. The number of aromatic nitrogens is 2. The van der Waals surface area contributed by atoms with Crippen molar-refractivity contribution >= 4 is 33.0 Å². The third-order valence-electron chi connectivity index (χ3n) is 4.95. The first-order chi connectivity index (χ1) is 12.2. The molecule has 5 nitrogen and oxygen atoms in total. The van der Waals surface area contributed by atoms with E-state index in [0.29, 0.717) is 29.6 Å². The third kappa shape index (κ3) is 4.09. The van der Waals surface area contributed by atoms with E-state index in [1.807, 2.05) is 43.8 Å². The topological polar surface area (TPSA) is 55.2 Å². The van der Waals surface area contributed by atoms with Gasteiger partial charge in [0.25, 0.3) is 0 Å². The monoisotopic (exact) mass is 415 g/mol. The molecule has 0 bridgehead atoms. The molecule has 1 aromatic heterocycles. The van der Waals surface area contributed by atoms with Crippen molar-refractivity contribution in [1.82, 2.24) is 14.7 Å². The second-order valence-corrected chi connectivity index (χ2v) is 10.1. The summed E-state index contributed by atoms with van der Waals surface area (Å²) in [4.78, 5) is 2.14. The Hall–Kier alpha value is -1.08. The van der Waals surface area contributed by atoms with Gasteiger partial charge in [0.05, 0.1) is 23.2 Å². The van der Waals surface area contributed by atoms with Gasteiger partial charge in [-0.05, 0) is 39.4 Å². The Morgan fingerprint density at radius 1 is 1.19 bits per heavy atom. The highest BCUT2D eigenvalue weighted by molar-refractivity contribution is 7.91. The molecule has 0 saturated carbocycles. The average molecular weight is 416 g/mol. The second kappa shape index (κ2) is 7.50. The maximum Gasteiger partial charge on any atom is 0.152 e. The Morgan fingerprint density at radius 2 is 1.81 bits per heavy atom. The molecule has 2 heterocycles. The van der Waals surface area contributed by atoms with Crippen molar-refractivity contribution in [3.05, 3.63) is 50.8 Å². The minimum Gasteiger partial charge on any atom is -0.298 e. The Labute approximate surface area is 164 Å². The quantitative estimate of drug-likeness (QED) is 0.744. The molecule has 0 radical (unpaired) electrons. The molecule has 2 aromatic rings. The molecule has 1 aliphatic rings. The van der Waals surface area contributed by atoms with Crippen LogP contribution in [-0.2, 0) is 22.9 Å². The van der Waals surface area contributed by atoms with Crippen molar-refractivity contribution in [2.45, 2.75) is 39.4 Å². The van der Waals surface area contributed by atoms with Crippen LogP contribution in [0.3, 0.4) is 0 Å². The van der Waals surface area contributed by atoms with Crippen LogP contribution in [0.25, 0.3) is 0 Å². The number of halogens is 2. The van der Waals surface area contributed by atoms with Gasteiger partial charge in [-0.1, -0.05) is 29.3 Å². The van der Waals surface area contributed by atoms with Gasteiger partial charge < -0.3 is 0 Å². The maximum atomic E-state index is 11.8. The van der Waals surface area contributed by atoms with Gasteiger partial charge in [0, 0.05) is 40.0 Å². The van der Waals surface area contributed by atoms with Crippen molar-refractivity contribution in [3.63, 3.8) is 0 Å². The van der Waals surface area contributed by atoms with E-state index in [9.17, 15) is 8.42 Å². The molecule has 8 heteroatoms. The number of hydrogen-bond acceptors (Lipinski definition) is 4. The first kappa shape index (κ1) is 19.7. The molecular formula is C18H23Cl2N3O2S. The summed E-state index contributed by atoms with van der Waals surface area (Å²) < 4.78 is 25.5. The number of benzene rings is 1. The lowest BCUT2D eigenvalue weighted by molar-refractivity contribution is 0.317. The molecule has 1 fully saturated rings. The molecule has 0 N–H and O–H groups in total. The molecule has 26 heavy (non-hydrogen) atoms. The number of aryl methyl sites for hydroxylation is 1. The summed E-state index contributed by atoms with van der Waals surface area (Å²) in [7, 11) is -0.928. The molecular weight excluding hydrogens is 393 g/mol. The highest BCUT2D eigenvalue weighted by Crippen LogP contribution is 2.29. The van der Waals surface area contributed by atoms with E-state index in [4.69, 9.17) is 23.2 Å². The Morgan fingerprint density at radius 3 is 2.38 bits per heavy atom. The SMILES string of the molecule is Cc1nn([C@H]2CCS(=O)(=O)C2)c(C)c1CN(C)Cc1c(Cl)cccc1Cl. The maximum absolute atomic E-state index is 11.8. The summed E-state index contributed by atoms with van der Waals surface area (Å²) in [5.74, 6) is 0.426. The van der Waals surface area contributed by atoms with Gasteiger partial charge in [-0.15, -0.1) is 0 Å². The molecule has 1 aliphatic heterocycles. The fraction of sp³-hybridized carbons (Fsp3) is 0.500. The zero-order valence-corrected chi connectivity index (χ0v) is 17.5. The van der Waals surface area contributed by atoms with Gasteiger partial charge >= 0.3 is 0 Å². The summed E-state index contributed by atoms with van der Waals surface area (Å²) in [6.07, 6.45) is 0.634. The van der Waals surface area contributed by atoms with Crippen LogP contribution in [0.5, 0.6) is 0 Å². The number of rotatable bonds is 5. The van der Waals surface area contributed by atoms with E-state index in [0.717, 1.165) is 22.5 Å². The summed E-state index contributed by atoms with van der Waals surface area (Å²) in [6, 6.07) is 5.45. The van der Waals surface area contributed by atoms with Crippen LogP contribution in [0, 0.1) is 13.8 Å². The molecule has 0 unspecified atom stereocenters. The predicted octanol–water partition coefficient (Wildman–Crippen LogP) is 3.80. The average Bonchev–Trinajstić information content (AvgIpc) is 3.05. The summed E-state index contributed by atoms with van der Waals surface area (Å²) >= 11 is 12.5. The molecule has 1 saturated heterocycles. The van der Waals surface area contributed by atoms with Gasteiger partial charge in [0.15, 0.2) is 9.84 Å². The van der Waals surface area contributed by atoms with Crippen LogP contribution >= 0.6 is 23.2 Å². The lowest BCUT2D eigenvalue weighted by Gasteiger charge is -2.19. The smallest absolute Gasteiger partial charge is 0.152 e. The van der Waals surface area contributed by atoms with E-state index in [-0.39, 0.29) is 17.5 Å². The van der Waals surface area contributed by atoms with E-state index in [2.05, 4.69) is 10.00 Å². The Bertz CT molecular complexity index is 905. The van der Waals surface area contributed by atoms with Crippen molar-refractivity contribution in [3.8, 4) is 0 Å². The summed E-state index contributed by atoms with van der Waals surface area (Å²) in [5, 5.41) is 5.94. The Balaban J connectivity index is 1.78. The minimum atomic E-state index is -2.94. The van der Waals surface area contributed by atoms with Crippen LogP contribution in [0.4, 0.5) is 0 Å². The predicted molar refractivity (Wildman–Crippen MR) is 106 cm³/mol. The zero-order chi connectivity index (χ0) is 19.1. The highest BCUT2D eigenvalue weighted by Gasteiger charge is 2.31. The van der Waals surface area contributed by atoms with Gasteiger partial charge in [-0.3, -0.25) is 9.58 Å². The van der Waals surface area contributed by atoms with Crippen LogP contribution in [0.2, 0.25) is 10.0 Å². The van der Waals surface area contributed by atoms with Crippen molar-refractivity contribution < 1.29 is 8.42 Å². The van der Waals surface area contributed by atoms with Gasteiger partial charge in [0.2, 0.25) is 0 Å². The van der Waals surface area contributed by atoms with Crippen molar-refractivity contribution in [2.75, 3.05) is 18.6 Å². The third-order valence-corrected chi connectivity index (χ3v) is 7.41. The molecule has 1 atom stereocenters. The lowest BCUT2D eigenvalue weighted by Crippen LogP contribution is -2.19. The fourth-order valence-electron chi connectivity index (χ4n) is 3.53. The van der Waals surface area contributed by atoms with Gasteiger partial charge in [0.1, 0.15) is 0 Å². The Kier molecular flexibility index (Phi) is 5.68. The number of nitrogens with zero attached hydrogens (tertiary/aromatic N) is 3. The molecule has 0 aliphatic carbocycles. The molecule has 142 valence electrons. The van der Waals surface area contributed by atoms with Crippen LogP contribution in [-0.4, -0.2) is 41.7 Å². The van der Waals surface area contributed by atoms with Gasteiger partial charge in [-0.2, -0.15) is 5.10 Å². The van der Waals surface area contributed by atoms with E-state index in [1.165, 1.54) is 0 Å². The fourth-order valence-corrected chi connectivity index (χ4v) is 5.74. The van der Waals surface area contributed by atoms with E-state index < -0.39 is 9.84 Å². The van der Waals surface area contributed by atoms with Crippen molar-refractivity contribution in [2.24, 2.45) is 0 Å². The van der Waals surface area contributed by atoms with E-state index in [1.54, 1.807) is 0 Å². The highest BCUT2D eigenvalue weighted by atomic mass is 35.5. The standard InChI is InChI=1S/C18H23Cl2N3O2S/c1-12-15(9-22(3)10-16-17(19)5-4-6-18(16)20)13(2)23(21-12)14-7-8-26(24,25)11-14/h4-6,14H,7-11H2,1-3H3/t14-/m0/s1. The second-order valence-electron chi connectivity index (χ2n) is 7.02. The molecule has 1 aromatic carbocycles. The number of hydrogen-bond donors (Lipinski definition) is 0. The van der Waals surface area contributed by atoms with Gasteiger partial charge in [-0.25, -0.2) is 8.42 Å². The summed E-state index contributed by atoms with van der Waals surface area (Å²) in [6.45, 7) is 5.30. The van der Waals surface area contributed by atoms with E-state index >= 15 is 0 Å². The first-order valence-corrected chi connectivity index (χ1v) is 11.1.